The first-order valence-corrected chi connectivity index (χ1v) is 7.13. The van der Waals surface area contributed by atoms with Crippen LogP contribution >= 0.6 is 0 Å². The highest BCUT2D eigenvalue weighted by molar-refractivity contribution is 5.90. The van der Waals surface area contributed by atoms with Gasteiger partial charge in [0.25, 0.3) is 0 Å². The Labute approximate surface area is 113 Å². The lowest BCUT2D eigenvalue weighted by Gasteiger charge is -2.18. The van der Waals surface area contributed by atoms with E-state index in [4.69, 9.17) is 0 Å². The zero-order chi connectivity index (χ0) is 14.5. The maximum Gasteiger partial charge on any atom is 0.246 e. The van der Waals surface area contributed by atoms with Gasteiger partial charge in [-0.1, -0.05) is 32.6 Å². The van der Waals surface area contributed by atoms with Gasteiger partial charge < -0.3 is 5.11 Å². The van der Waals surface area contributed by atoms with Crippen LogP contribution in [0.2, 0.25) is 0 Å². The van der Waals surface area contributed by atoms with Crippen molar-refractivity contribution in [2.75, 3.05) is 0 Å². The number of ketones is 1. The maximum absolute atomic E-state index is 13.0. The lowest BCUT2D eigenvalue weighted by Crippen LogP contribution is -2.18. The number of hydrogen-bond donors (Lipinski definition) is 1. The molecule has 0 aromatic rings. The number of hydrogen-bond acceptors (Lipinski definition) is 2. The first-order chi connectivity index (χ1) is 8.81. The van der Waals surface area contributed by atoms with Crippen LogP contribution in [0.5, 0.6) is 0 Å². The predicted molar refractivity (Wildman–Crippen MR) is 71.3 cm³/mol. The van der Waals surface area contributed by atoms with E-state index in [-0.39, 0.29) is 11.5 Å². The van der Waals surface area contributed by atoms with Crippen molar-refractivity contribution in [2.45, 2.75) is 64.7 Å². The summed E-state index contributed by atoms with van der Waals surface area (Å²) in [7, 11) is 0. The standard InChI is InChI=1S/C15H24F2O2/c1-3-12(10-15(2,16)17)14(19)9-13(18)8-11-6-4-5-7-11/h9,11-12,19H,3-8,10H2,1-2H3/b14-9-. The number of carbonyl (C=O) groups excluding carboxylic acids is 1. The molecule has 19 heavy (non-hydrogen) atoms. The zero-order valence-corrected chi connectivity index (χ0v) is 11.8. The molecule has 1 aliphatic carbocycles. The Morgan fingerprint density at radius 2 is 2.00 bits per heavy atom. The van der Waals surface area contributed by atoms with Gasteiger partial charge in [0.1, 0.15) is 0 Å². The number of aliphatic hydroxyl groups is 1. The number of halogens is 2. The minimum absolute atomic E-state index is 0.137. The normalized spacial score (nSPS) is 19.7. The topological polar surface area (TPSA) is 37.3 Å². The average Bonchev–Trinajstić information content (AvgIpc) is 2.76. The first-order valence-electron chi connectivity index (χ1n) is 7.13. The zero-order valence-electron chi connectivity index (χ0n) is 11.8. The van der Waals surface area contributed by atoms with Gasteiger partial charge in [-0.25, -0.2) is 8.78 Å². The Kier molecular flexibility index (Phi) is 5.95. The molecule has 1 atom stereocenters. The van der Waals surface area contributed by atoms with E-state index in [1.165, 1.54) is 0 Å². The Balaban J connectivity index is 2.54. The Morgan fingerprint density at radius 1 is 1.42 bits per heavy atom. The van der Waals surface area contributed by atoms with E-state index in [1.807, 2.05) is 0 Å². The molecule has 0 radical (unpaired) electrons. The van der Waals surface area contributed by atoms with E-state index in [9.17, 15) is 18.7 Å². The molecule has 0 amide bonds. The van der Waals surface area contributed by atoms with Gasteiger partial charge in [0.2, 0.25) is 5.92 Å². The fraction of sp³-hybridized carbons (Fsp3) is 0.800. The molecule has 1 unspecified atom stereocenters. The molecule has 110 valence electrons. The molecule has 0 aromatic heterocycles. The predicted octanol–water partition coefficient (Wildman–Crippen LogP) is 4.65. The van der Waals surface area contributed by atoms with Gasteiger partial charge in [-0.05, 0) is 19.3 Å². The van der Waals surface area contributed by atoms with Crippen LogP contribution in [0, 0.1) is 11.8 Å². The molecule has 4 heteroatoms. The minimum Gasteiger partial charge on any atom is -0.512 e. The van der Waals surface area contributed by atoms with Gasteiger partial charge in [0.05, 0.1) is 5.76 Å². The average molecular weight is 274 g/mol. The number of carbonyl (C=O) groups is 1. The van der Waals surface area contributed by atoms with Crippen LogP contribution in [0.1, 0.15) is 58.8 Å². The van der Waals surface area contributed by atoms with Crippen LogP contribution in [0.3, 0.4) is 0 Å². The third-order valence-corrected chi connectivity index (χ3v) is 3.79. The van der Waals surface area contributed by atoms with Crippen molar-refractivity contribution in [3.05, 3.63) is 11.8 Å². The number of allylic oxidation sites excluding steroid dienone is 2. The molecule has 0 bridgehead atoms. The highest BCUT2D eigenvalue weighted by Crippen LogP contribution is 2.30. The maximum atomic E-state index is 13.0. The molecular weight excluding hydrogens is 250 g/mol. The van der Waals surface area contributed by atoms with Crippen LogP contribution in [0.25, 0.3) is 0 Å². The third kappa shape index (κ3) is 6.17. The summed E-state index contributed by atoms with van der Waals surface area (Å²) in [4.78, 5) is 11.8. The fourth-order valence-electron chi connectivity index (χ4n) is 2.73. The smallest absolute Gasteiger partial charge is 0.246 e. The molecule has 0 aromatic carbocycles. The molecule has 1 fully saturated rings. The van der Waals surface area contributed by atoms with Crippen LogP contribution in [0.4, 0.5) is 8.78 Å². The molecule has 1 aliphatic rings. The van der Waals surface area contributed by atoms with Crippen LogP contribution in [0.15, 0.2) is 11.8 Å². The minimum atomic E-state index is -2.82. The van der Waals surface area contributed by atoms with Gasteiger partial charge in [0, 0.05) is 24.8 Å². The monoisotopic (exact) mass is 274 g/mol. The van der Waals surface area contributed by atoms with E-state index >= 15 is 0 Å². The molecule has 1 N–H and O–H groups in total. The molecule has 0 aliphatic heterocycles. The number of rotatable bonds is 7. The highest BCUT2D eigenvalue weighted by Gasteiger charge is 2.28. The SMILES string of the molecule is CCC(CC(C)(F)F)/C(O)=C/C(=O)CC1CCCC1. The Morgan fingerprint density at radius 3 is 2.47 bits per heavy atom. The van der Waals surface area contributed by atoms with Crippen molar-refractivity contribution in [3.8, 4) is 0 Å². The van der Waals surface area contributed by atoms with Crippen LogP contribution < -0.4 is 0 Å². The van der Waals surface area contributed by atoms with Crippen LogP contribution in [-0.4, -0.2) is 16.8 Å². The van der Waals surface area contributed by atoms with Crippen LogP contribution in [-0.2, 0) is 4.79 Å². The van der Waals surface area contributed by atoms with E-state index < -0.39 is 18.3 Å². The summed E-state index contributed by atoms with van der Waals surface area (Å²) in [5, 5.41) is 9.82. The molecular formula is C15H24F2O2. The lowest BCUT2D eigenvalue weighted by molar-refractivity contribution is -0.115. The van der Waals surface area contributed by atoms with Gasteiger partial charge in [-0.3, -0.25) is 4.79 Å². The van der Waals surface area contributed by atoms with Crippen molar-refractivity contribution in [2.24, 2.45) is 11.8 Å². The second-order valence-corrected chi connectivity index (χ2v) is 5.77. The third-order valence-electron chi connectivity index (χ3n) is 3.79. The van der Waals surface area contributed by atoms with Crippen molar-refractivity contribution < 1.29 is 18.7 Å². The van der Waals surface area contributed by atoms with Gasteiger partial charge in [-0.15, -0.1) is 0 Å². The number of aliphatic hydroxyl groups excluding tert-OH is 1. The molecule has 1 saturated carbocycles. The second-order valence-electron chi connectivity index (χ2n) is 5.77. The van der Waals surface area contributed by atoms with Gasteiger partial charge in [-0.2, -0.15) is 0 Å². The van der Waals surface area contributed by atoms with E-state index in [0.29, 0.717) is 18.8 Å². The summed E-state index contributed by atoms with van der Waals surface area (Å²) >= 11 is 0. The molecule has 1 rings (SSSR count). The number of alkyl halides is 2. The second kappa shape index (κ2) is 7.01. The quantitative estimate of drug-likeness (QED) is 0.542. The summed E-state index contributed by atoms with van der Waals surface area (Å²) in [6.07, 6.45) is 6.03. The van der Waals surface area contributed by atoms with Gasteiger partial charge >= 0.3 is 0 Å². The summed E-state index contributed by atoms with van der Waals surface area (Å²) in [5.74, 6) is -3.37. The summed E-state index contributed by atoms with van der Waals surface area (Å²) in [6.45, 7) is 2.57. The van der Waals surface area contributed by atoms with Crippen molar-refractivity contribution in [3.63, 3.8) is 0 Å². The van der Waals surface area contributed by atoms with Crippen molar-refractivity contribution >= 4 is 5.78 Å². The van der Waals surface area contributed by atoms with Crippen molar-refractivity contribution in [1.29, 1.82) is 0 Å². The van der Waals surface area contributed by atoms with E-state index in [0.717, 1.165) is 38.7 Å². The Bertz CT molecular complexity index is 326. The van der Waals surface area contributed by atoms with Gasteiger partial charge in [0.15, 0.2) is 5.78 Å². The van der Waals surface area contributed by atoms with E-state index in [2.05, 4.69) is 0 Å². The molecule has 0 spiro atoms. The molecule has 0 heterocycles. The highest BCUT2D eigenvalue weighted by atomic mass is 19.3. The largest absolute Gasteiger partial charge is 0.512 e. The summed E-state index contributed by atoms with van der Waals surface area (Å²) < 4.78 is 25.9. The Hall–Kier alpha value is -0.930. The van der Waals surface area contributed by atoms with E-state index in [1.54, 1.807) is 6.92 Å². The molecule has 2 nitrogen and oxygen atoms in total. The fourth-order valence-corrected chi connectivity index (χ4v) is 2.73. The lowest BCUT2D eigenvalue weighted by atomic mass is 9.94. The van der Waals surface area contributed by atoms with Crippen molar-refractivity contribution in [1.82, 2.24) is 0 Å². The molecule has 0 saturated heterocycles. The first kappa shape index (κ1) is 16.1. The summed E-state index contributed by atoms with van der Waals surface area (Å²) in [5.41, 5.74) is 0. The summed E-state index contributed by atoms with van der Waals surface area (Å²) in [6, 6.07) is 0.